The van der Waals surface area contributed by atoms with Crippen LogP contribution in [-0.4, -0.2) is 18.4 Å². The first-order chi connectivity index (χ1) is 9.32. The Morgan fingerprint density at radius 1 is 1.10 bits per heavy atom. The molecule has 0 fully saturated rings. The molecule has 20 heavy (non-hydrogen) atoms. The minimum Gasteiger partial charge on any atom is -0.347 e. The van der Waals surface area contributed by atoms with Crippen LogP contribution in [0.1, 0.15) is 39.7 Å². The first-order valence-corrected chi connectivity index (χ1v) is 7.00. The predicted molar refractivity (Wildman–Crippen MR) is 81.5 cm³/mol. The summed E-state index contributed by atoms with van der Waals surface area (Å²) in [5, 5.41) is 5.39. The summed E-state index contributed by atoms with van der Waals surface area (Å²) in [6.07, 6.45) is 2.14. The minimum absolute atomic E-state index is 0.00713. The maximum atomic E-state index is 11.7. The Balaban J connectivity index is 2.44. The lowest BCUT2D eigenvalue weighted by Gasteiger charge is -2.17. The van der Waals surface area contributed by atoms with E-state index in [-0.39, 0.29) is 18.4 Å². The smallest absolute Gasteiger partial charge is 0.243 e. The van der Waals surface area contributed by atoms with Crippen LogP contribution in [0, 0.1) is 5.41 Å². The summed E-state index contributed by atoms with van der Waals surface area (Å²) in [5.74, 6) is -0.350. The summed E-state index contributed by atoms with van der Waals surface area (Å²) < 4.78 is 0. The number of hydrogen-bond donors (Lipinski definition) is 2. The van der Waals surface area contributed by atoms with Crippen LogP contribution in [0.3, 0.4) is 0 Å². The van der Waals surface area contributed by atoms with Crippen LogP contribution in [0.4, 0.5) is 5.69 Å². The third-order valence-electron chi connectivity index (χ3n) is 2.87. The van der Waals surface area contributed by atoms with E-state index >= 15 is 0 Å². The van der Waals surface area contributed by atoms with Gasteiger partial charge >= 0.3 is 0 Å². The molecule has 4 nitrogen and oxygen atoms in total. The van der Waals surface area contributed by atoms with Gasteiger partial charge in [0, 0.05) is 11.1 Å². The van der Waals surface area contributed by atoms with Crippen LogP contribution in [0.25, 0.3) is 0 Å². The zero-order valence-corrected chi connectivity index (χ0v) is 12.7. The molecule has 0 unspecified atom stereocenters. The van der Waals surface area contributed by atoms with E-state index in [0.29, 0.717) is 0 Å². The van der Waals surface area contributed by atoms with Crippen molar-refractivity contribution in [3.8, 4) is 0 Å². The molecule has 0 saturated carbocycles. The van der Waals surface area contributed by atoms with Crippen LogP contribution in [-0.2, 0) is 16.0 Å². The quantitative estimate of drug-likeness (QED) is 0.868. The van der Waals surface area contributed by atoms with Gasteiger partial charge in [-0.15, -0.1) is 0 Å². The number of aryl methyl sites for hydroxylation is 1. The van der Waals surface area contributed by atoms with Crippen molar-refractivity contribution in [2.45, 2.75) is 40.5 Å². The first-order valence-electron chi connectivity index (χ1n) is 7.00. The highest BCUT2D eigenvalue weighted by Gasteiger charge is 2.21. The van der Waals surface area contributed by atoms with E-state index in [0.717, 1.165) is 18.5 Å². The third-order valence-corrected chi connectivity index (χ3v) is 2.87. The van der Waals surface area contributed by atoms with Crippen molar-refractivity contribution in [1.82, 2.24) is 5.32 Å². The van der Waals surface area contributed by atoms with Gasteiger partial charge in [-0.1, -0.05) is 46.2 Å². The highest BCUT2D eigenvalue weighted by molar-refractivity contribution is 5.95. The fraction of sp³-hybridized carbons (Fsp3) is 0.500. The SMILES string of the molecule is CCCc1ccc(NC(=O)CNC(=O)C(C)(C)C)cc1. The molecule has 1 aromatic rings. The summed E-state index contributed by atoms with van der Waals surface area (Å²) in [4.78, 5) is 23.4. The molecule has 0 saturated heterocycles. The van der Waals surface area contributed by atoms with Gasteiger partial charge in [0.2, 0.25) is 11.8 Å². The number of anilines is 1. The van der Waals surface area contributed by atoms with Crippen LogP contribution in [0.2, 0.25) is 0 Å². The summed E-state index contributed by atoms with van der Waals surface area (Å²) in [5.41, 5.74) is 1.52. The molecule has 0 bridgehead atoms. The van der Waals surface area contributed by atoms with Crippen LogP contribution >= 0.6 is 0 Å². The number of rotatable bonds is 5. The van der Waals surface area contributed by atoms with E-state index in [1.54, 1.807) is 0 Å². The average molecular weight is 276 g/mol. The Kier molecular flexibility index (Phi) is 5.74. The Hall–Kier alpha value is -1.84. The summed E-state index contributed by atoms with van der Waals surface area (Å²) in [7, 11) is 0. The van der Waals surface area contributed by atoms with E-state index in [1.807, 2.05) is 45.0 Å². The molecule has 0 spiro atoms. The van der Waals surface area contributed by atoms with Gasteiger partial charge in [-0.05, 0) is 24.1 Å². The Morgan fingerprint density at radius 3 is 2.20 bits per heavy atom. The summed E-state index contributed by atoms with van der Waals surface area (Å²) in [6.45, 7) is 7.56. The van der Waals surface area contributed by atoms with Gasteiger partial charge < -0.3 is 10.6 Å². The minimum atomic E-state index is -0.484. The normalized spacial score (nSPS) is 11.0. The maximum absolute atomic E-state index is 11.7. The van der Waals surface area contributed by atoms with Gasteiger partial charge in [0.05, 0.1) is 6.54 Å². The van der Waals surface area contributed by atoms with Crippen molar-refractivity contribution in [2.24, 2.45) is 5.41 Å². The van der Waals surface area contributed by atoms with Crippen LogP contribution in [0.15, 0.2) is 24.3 Å². The number of amides is 2. The molecule has 0 heterocycles. The number of carbonyl (C=O) groups excluding carboxylic acids is 2. The molecule has 0 aliphatic rings. The van der Waals surface area contributed by atoms with Crippen LogP contribution in [0.5, 0.6) is 0 Å². The number of hydrogen-bond acceptors (Lipinski definition) is 2. The molecule has 0 radical (unpaired) electrons. The molecule has 4 heteroatoms. The van der Waals surface area contributed by atoms with Gasteiger partial charge in [0.15, 0.2) is 0 Å². The maximum Gasteiger partial charge on any atom is 0.243 e. The van der Waals surface area contributed by atoms with Gasteiger partial charge in [0.1, 0.15) is 0 Å². The highest BCUT2D eigenvalue weighted by Crippen LogP contribution is 2.13. The van der Waals surface area contributed by atoms with E-state index in [9.17, 15) is 9.59 Å². The molecular formula is C16H24N2O2. The molecule has 1 aromatic carbocycles. The second-order valence-electron chi connectivity index (χ2n) is 5.93. The van der Waals surface area contributed by atoms with Gasteiger partial charge in [-0.2, -0.15) is 0 Å². The van der Waals surface area contributed by atoms with Gasteiger partial charge in [-0.25, -0.2) is 0 Å². The molecule has 0 aliphatic carbocycles. The standard InChI is InChI=1S/C16H24N2O2/c1-5-6-12-7-9-13(10-8-12)18-14(19)11-17-15(20)16(2,3)4/h7-10H,5-6,11H2,1-4H3,(H,17,20)(H,18,19). The fourth-order valence-corrected chi connectivity index (χ4v) is 1.67. The molecule has 110 valence electrons. The Labute approximate surface area is 121 Å². The Bertz CT molecular complexity index is 458. The van der Waals surface area contributed by atoms with Crippen molar-refractivity contribution in [1.29, 1.82) is 0 Å². The van der Waals surface area contributed by atoms with Crippen LogP contribution < -0.4 is 10.6 Å². The summed E-state index contributed by atoms with van der Waals surface area (Å²) >= 11 is 0. The monoisotopic (exact) mass is 276 g/mol. The molecule has 0 aliphatic heterocycles. The lowest BCUT2D eigenvalue weighted by molar-refractivity contribution is -0.130. The zero-order valence-electron chi connectivity index (χ0n) is 12.7. The van der Waals surface area contributed by atoms with E-state index in [1.165, 1.54) is 5.56 Å². The average Bonchev–Trinajstić information content (AvgIpc) is 2.37. The fourth-order valence-electron chi connectivity index (χ4n) is 1.67. The van der Waals surface area contributed by atoms with Gasteiger partial charge in [-0.3, -0.25) is 9.59 Å². The van der Waals surface area contributed by atoms with E-state index < -0.39 is 5.41 Å². The molecule has 2 N–H and O–H groups in total. The molecule has 1 rings (SSSR count). The molecular weight excluding hydrogens is 252 g/mol. The second kappa shape index (κ2) is 7.08. The lowest BCUT2D eigenvalue weighted by atomic mass is 9.96. The van der Waals surface area contributed by atoms with Crippen molar-refractivity contribution in [2.75, 3.05) is 11.9 Å². The lowest BCUT2D eigenvalue weighted by Crippen LogP contribution is -2.39. The first kappa shape index (κ1) is 16.2. The number of nitrogens with one attached hydrogen (secondary N) is 2. The van der Waals surface area contributed by atoms with Gasteiger partial charge in [0.25, 0.3) is 0 Å². The molecule has 2 amide bonds. The van der Waals surface area contributed by atoms with Crippen molar-refractivity contribution in [3.63, 3.8) is 0 Å². The van der Waals surface area contributed by atoms with E-state index in [4.69, 9.17) is 0 Å². The van der Waals surface area contributed by atoms with Crippen molar-refractivity contribution in [3.05, 3.63) is 29.8 Å². The largest absolute Gasteiger partial charge is 0.347 e. The molecule has 0 atom stereocenters. The Morgan fingerprint density at radius 2 is 1.70 bits per heavy atom. The highest BCUT2D eigenvalue weighted by atomic mass is 16.2. The predicted octanol–water partition coefficient (Wildman–Crippen LogP) is 2.74. The third kappa shape index (κ3) is 5.43. The van der Waals surface area contributed by atoms with E-state index in [2.05, 4.69) is 17.6 Å². The second-order valence-corrected chi connectivity index (χ2v) is 5.93. The van der Waals surface area contributed by atoms with Crippen molar-refractivity contribution >= 4 is 17.5 Å². The summed E-state index contributed by atoms with van der Waals surface area (Å²) in [6, 6.07) is 7.78. The molecule has 0 aromatic heterocycles. The number of carbonyl (C=O) groups is 2. The topological polar surface area (TPSA) is 58.2 Å². The zero-order chi connectivity index (χ0) is 15.2. The van der Waals surface area contributed by atoms with Crippen molar-refractivity contribution < 1.29 is 9.59 Å². The number of benzene rings is 1.